The Morgan fingerprint density at radius 1 is 1.09 bits per heavy atom. The van der Waals surface area contributed by atoms with E-state index >= 15 is 0 Å². The maximum Gasteiger partial charge on any atom is 0.246 e. The lowest BCUT2D eigenvalue weighted by atomic mass is 10.0. The van der Waals surface area contributed by atoms with Crippen LogP contribution in [-0.4, -0.2) is 62.7 Å². The number of carbonyl (C=O) groups excluding carboxylic acids is 1. The fourth-order valence-corrected chi connectivity index (χ4v) is 3.44. The van der Waals surface area contributed by atoms with Gasteiger partial charge in [-0.05, 0) is 36.8 Å². The Morgan fingerprint density at radius 3 is 2.44 bits per heavy atom. The predicted octanol–water partition coefficient (Wildman–Crippen LogP) is 3.01. The maximum absolute atomic E-state index is 13.4. The molecule has 174 valence electrons. The Hall–Kier alpha value is -2.24. The third-order valence-electron chi connectivity index (χ3n) is 4.99. The second-order valence-corrected chi connectivity index (χ2v) is 7.21. The summed E-state index contributed by atoms with van der Waals surface area (Å²) in [5.74, 6) is 0.120. The smallest absolute Gasteiger partial charge is 0.246 e. The molecular formula is C23H31FIN5O2. The van der Waals surface area contributed by atoms with Gasteiger partial charge in [0.15, 0.2) is 5.96 Å². The van der Waals surface area contributed by atoms with Crippen LogP contribution < -0.4 is 16.0 Å². The normalized spacial score (nSPS) is 15.4. The van der Waals surface area contributed by atoms with Gasteiger partial charge in [-0.2, -0.15) is 0 Å². The minimum atomic E-state index is -0.253. The van der Waals surface area contributed by atoms with Gasteiger partial charge in [0.25, 0.3) is 0 Å². The summed E-state index contributed by atoms with van der Waals surface area (Å²) in [6.07, 6.45) is 0. The maximum atomic E-state index is 13.4. The fourth-order valence-electron chi connectivity index (χ4n) is 3.44. The van der Waals surface area contributed by atoms with Crippen molar-refractivity contribution in [1.82, 2.24) is 15.5 Å². The summed E-state index contributed by atoms with van der Waals surface area (Å²) < 4.78 is 18.9. The van der Waals surface area contributed by atoms with E-state index in [1.807, 2.05) is 49.4 Å². The van der Waals surface area contributed by atoms with Gasteiger partial charge in [0.05, 0.1) is 19.3 Å². The van der Waals surface area contributed by atoms with Gasteiger partial charge < -0.3 is 20.7 Å². The quantitative estimate of drug-likeness (QED) is 0.265. The molecule has 32 heavy (non-hydrogen) atoms. The Morgan fingerprint density at radius 2 is 1.78 bits per heavy atom. The first kappa shape index (κ1) is 26.0. The highest BCUT2D eigenvalue weighted by molar-refractivity contribution is 14.0. The van der Waals surface area contributed by atoms with E-state index in [1.165, 1.54) is 12.1 Å². The number of morpholine rings is 1. The number of amides is 1. The molecule has 1 fully saturated rings. The number of rotatable bonds is 8. The fraction of sp³-hybridized carbons (Fsp3) is 0.391. The summed E-state index contributed by atoms with van der Waals surface area (Å²) in [7, 11) is 0. The number of aliphatic imine (C=N–C) groups is 1. The minimum absolute atomic E-state index is 0. The number of hydrogen-bond donors (Lipinski definition) is 3. The number of nitrogens with zero attached hydrogens (tertiary/aromatic N) is 2. The first-order chi connectivity index (χ1) is 15.2. The average molecular weight is 555 g/mol. The van der Waals surface area contributed by atoms with E-state index in [2.05, 4.69) is 25.8 Å². The summed E-state index contributed by atoms with van der Waals surface area (Å²) in [6.45, 7) is 6.16. The van der Waals surface area contributed by atoms with Crippen molar-refractivity contribution in [2.24, 2.45) is 4.99 Å². The minimum Gasteiger partial charge on any atom is -0.379 e. The van der Waals surface area contributed by atoms with Crippen LogP contribution in [0.2, 0.25) is 0 Å². The number of benzene rings is 2. The zero-order valence-electron chi connectivity index (χ0n) is 18.2. The molecule has 0 aromatic heterocycles. The van der Waals surface area contributed by atoms with Crippen molar-refractivity contribution >= 4 is 41.5 Å². The molecule has 1 unspecified atom stereocenters. The molecule has 1 aliphatic heterocycles. The molecule has 1 atom stereocenters. The number of halogens is 2. The van der Waals surface area contributed by atoms with Crippen LogP contribution in [0.1, 0.15) is 18.5 Å². The second-order valence-electron chi connectivity index (χ2n) is 7.21. The van der Waals surface area contributed by atoms with E-state index in [4.69, 9.17) is 4.74 Å². The van der Waals surface area contributed by atoms with Crippen molar-refractivity contribution in [2.75, 3.05) is 51.3 Å². The van der Waals surface area contributed by atoms with Gasteiger partial charge in [-0.1, -0.05) is 30.3 Å². The number of nitrogens with one attached hydrogen (secondary N) is 3. The number of hydrogen-bond acceptors (Lipinski definition) is 4. The van der Waals surface area contributed by atoms with E-state index in [9.17, 15) is 9.18 Å². The van der Waals surface area contributed by atoms with E-state index in [-0.39, 0.29) is 48.3 Å². The zero-order valence-corrected chi connectivity index (χ0v) is 20.6. The number of para-hydroxylation sites is 1. The van der Waals surface area contributed by atoms with Crippen molar-refractivity contribution < 1.29 is 13.9 Å². The summed E-state index contributed by atoms with van der Waals surface area (Å²) in [5.41, 5.74) is 1.76. The van der Waals surface area contributed by atoms with Gasteiger partial charge in [0.2, 0.25) is 5.91 Å². The van der Waals surface area contributed by atoms with Crippen LogP contribution in [0.5, 0.6) is 0 Å². The molecule has 2 aromatic rings. The highest BCUT2D eigenvalue weighted by Crippen LogP contribution is 2.21. The number of ether oxygens (including phenoxy) is 1. The lowest BCUT2D eigenvalue weighted by molar-refractivity contribution is -0.114. The molecule has 0 bridgehead atoms. The van der Waals surface area contributed by atoms with E-state index in [0.29, 0.717) is 32.3 Å². The van der Waals surface area contributed by atoms with Gasteiger partial charge in [0, 0.05) is 31.9 Å². The third kappa shape index (κ3) is 8.36. The summed E-state index contributed by atoms with van der Waals surface area (Å²) >= 11 is 0. The largest absolute Gasteiger partial charge is 0.379 e. The van der Waals surface area contributed by atoms with E-state index < -0.39 is 0 Å². The van der Waals surface area contributed by atoms with Crippen molar-refractivity contribution in [2.45, 2.75) is 13.0 Å². The van der Waals surface area contributed by atoms with Crippen LogP contribution in [0, 0.1) is 5.82 Å². The molecule has 0 saturated carbocycles. The second kappa shape index (κ2) is 14.0. The lowest BCUT2D eigenvalue weighted by Gasteiger charge is -2.35. The average Bonchev–Trinajstić information content (AvgIpc) is 2.80. The van der Waals surface area contributed by atoms with Crippen LogP contribution in [0.15, 0.2) is 59.6 Å². The summed E-state index contributed by atoms with van der Waals surface area (Å²) in [6, 6.07) is 15.9. The molecule has 3 rings (SSSR count). The Bertz CT molecular complexity index is 845. The number of carbonyl (C=O) groups is 1. The molecule has 0 spiro atoms. The van der Waals surface area contributed by atoms with Gasteiger partial charge in [-0.15, -0.1) is 24.0 Å². The monoisotopic (exact) mass is 555 g/mol. The van der Waals surface area contributed by atoms with E-state index in [1.54, 1.807) is 0 Å². The Balaban J connectivity index is 0.00000363. The summed E-state index contributed by atoms with van der Waals surface area (Å²) in [5, 5.41) is 9.34. The van der Waals surface area contributed by atoms with Crippen molar-refractivity contribution in [1.29, 1.82) is 0 Å². The summed E-state index contributed by atoms with van der Waals surface area (Å²) in [4.78, 5) is 19.0. The molecule has 1 heterocycles. The predicted molar refractivity (Wildman–Crippen MR) is 136 cm³/mol. The Labute approximate surface area is 205 Å². The van der Waals surface area contributed by atoms with Gasteiger partial charge in [0.1, 0.15) is 12.4 Å². The van der Waals surface area contributed by atoms with E-state index in [0.717, 1.165) is 24.3 Å². The van der Waals surface area contributed by atoms with Gasteiger partial charge >= 0.3 is 0 Å². The van der Waals surface area contributed by atoms with Crippen LogP contribution in [0.3, 0.4) is 0 Å². The van der Waals surface area contributed by atoms with Crippen molar-refractivity contribution in [3.05, 3.63) is 66.0 Å². The Kier molecular flexibility index (Phi) is 11.4. The third-order valence-corrected chi connectivity index (χ3v) is 4.99. The van der Waals surface area contributed by atoms with Crippen molar-refractivity contribution in [3.63, 3.8) is 0 Å². The lowest BCUT2D eigenvalue weighted by Crippen LogP contribution is -2.46. The topological polar surface area (TPSA) is 78.0 Å². The molecule has 0 radical (unpaired) electrons. The first-order valence-corrected chi connectivity index (χ1v) is 10.6. The molecule has 7 nitrogen and oxygen atoms in total. The standard InChI is InChI=1S/C23H30FN5O2.HI/c1-2-25-23(27-17-22(30)28-20-6-4-3-5-7-20)26-16-21(29-12-14-31-15-13-29)18-8-10-19(24)11-9-18;/h3-11,21H,2,12-17H2,1H3,(H,28,30)(H2,25,26,27);1H. The highest BCUT2D eigenvalue weighted by atomic mass is 127. The van der Waals surface area contributed by atoms with Crippen molar-refractivity contribution in [3.8, 4) is 0 Å². The molecule has 2 aromatic carbocycles. The van der Waals surface area contributed by atoms with Crippen LogP contribution in [0.4, 0.5) is 10.1 Å². The molecule has 0 aliphatic carbocycles. The molecule has 1 amide bonds. The first-order valence-electron chi connectivity index (χ1n) is 10.6. The molecular weight excluding hydrogens is 524 g/mol. The van der Waals surface area contributed by atoms with Gasteiger partial charge in [-0.25, -0.2) is 9.38 Å². The molecule has 9 heteroatoms. The SMILES string of the molecule is CCNC(=NCC(=O)Nc1ccccc1)NCC(c1ccc(F)cc1)N1CCOCC1.I. The molecule has 1 saturated heterocycles. The van der Waals surface area contributed by atoms with Crippen LogP contribution >= 0.6 is 24.0 Å². The van der Waals surface area contributed by atoms with Gasteiger partial charge in [-0.3, -0.25) is 9.69 Å². The molecule has 1 aliphatic rings. The highest BCUT2D eigenvalue weighted by Gasteiger charge is 2.23. The number of guanidine groups is 1. The zero-order chi connectivity index (χ0) is 21.9. The van der Waals surface area contributed by atoms with Crippen LogP contribution in [-0.2, 0) is 9.53 Å². The number of anilines is 1. The molecule has 3 N–H and O–H groups in total. The van der Waals surface area contributed by atoms with Crippen LogP contribution in [0.25, 0.3) is 0 Å².